The molecule has 0 fully saturated rings. The Bertz CT molecular complexity index is 229. The second kappa shape index (κ2) is 7.50. The van der Waals surface area contributed by atoms with E-state index >= 15 is 0 Å². The molecule has 0 spiro atoms. The summed E-state index contributed by atoms with van der Waals surface area (Å²) in [4.78, 5) is 0. The van der Waals surface area contributed by atoms with E-state index in [9.17, 15) is 0 Å². The molecule has 0 nitrogen and oxygen atoms in total. The van der Waals surface area contributed by atoms with Gasteiger partial charge in [0.2, 0.25) is 0 Å². The molecule has 0 saturated carbocycles. The summed E-state index contributed by atoms with van der Waals surface area (Å²) in [6, 6.07) is 10.9. The highest BCUT2D eigenvalue weighted by Gasteiger charge is 2.09. The van der Waals surface area contributed by atoms with Gasteiger partial charge in [0, 0.05) is 0 Å². The molecule has 0 aliphatic carbocycles. The normalized spacial score (nSPS) is 10.9. The van der Waals surface area contributed by atoms with Crippen LogP contribution in [0.15, 0.2) is 30.3 Å². The first-order chi connectivity index (χ1) is 7.38. The molecule has 0 amide bonds. The summed E-state index contributed by atoms with van der Waals surface area (Å²) in [5.74, 6) is 0.672. The second-order valence-corrected chi connectivity index (χ2v) is 4.18. The van der Waals surface area contributed by atoms with Crippen LogP contribution in [0.4, 0.5) is 0 Å². The molecule has 0 heteroatoms. The lowest BCUT2D eigenvalue weighted by atomic mass is 9.89. The molecule has 15 heavy (non-hydrogen) atoms. The van der Waals surface area contributed by atoms with Crippen molar-refractivity contribution in [3.05, 3.63) is 42.3 Å². The van der Waals surface area contributed by atoms with Crippen LogP contribution in [0, 0.1) is 6.42 Å². The van der Waals surface area contributed by atoms with Crippen LogP contribution < -0.4 is 0 Å². The van der Waals surface area contributed by atoms with Crippen LogP contribution in [-0.4, -0.2) is 0 Å². The van der Waals surface area contributed by atoms with Gasteiger partial charge in [0.15, 0.2) is 0 Å². The lowest BCUT2D eigenvalue weighted by molar-refractivity contribution is 0.614. The zero-order chi connectivity index (χ0) is 10.9. The Morgan fingerprint density at radius 1 is 1.07 bits per heavy atom. The van der Waals surface area contributed by atoms with Crippen LogP contribution in [0.5, 0.6) is 0 Å². The summed E-state index contributed by atoms with van der Waals surface area (Å²) in [6.45, 7) is 4.51. The maximum absolute atomic E-state index is 2.49. The van der Waals surface area contributed by atoms with Gasteiger partial charge in [-0.15, -0.1) is 0 Å². The molecular formula is C15H23. The van der Waals surface area contributed by atoms with Crippen molar-refractivity contribution in [2.24, 2.45) is 0 Å². The van der Waals surface area contributed by atoms with Gasteiger partial charge in [-0.3, -0.25) is 0 Å². The van der Waals surface area contributed by atoms with Crippen molar-refractivity contribution in [3.8, 4) is 0 Å². The Morgan fingerprint density at radius 3 is 2.40 bits per heavy atom. The Balaban J connectivity index is 2.55. The lowest BCUT2D eigenvalue weighted by Crippen LogP contribution is -1.99. The third-order valence-corrected chi connectivity index (χ3v) is 2.84. The van der Waals surface area contributed by atoms with E-state index in [0.29, 0.717) is 5.92 Å². The van der Waals surface area contributed by atoms with E-state index in [0.717, 1.165) is 0 Å². The maximum atomic E-state index is 2.49. The number of rotatable bonds is 7. The standard InChI is InChI=1S/C15H23/c1-3-5-10-14(11-6-4-2)15-12-8-7-9-13-15/h7-10,12-14H,3-6,11H2,1-2H3. The minimum absolute atomic E-state index is 0.672. The van der Waals surface area contributed by atoms with E-state index < -0.39 is 0 Å². The molecule has 0 heterocycles. The Morgan fingerprint density at radius 2 is 1.80 bits per heavy atom. The minimum Gasteiger partial charge on any atom is -0.0654 e. The van der Waals surface area contributed by atoms with Gasteiger partial charge >= 0.3 is 0 Å². The van der Waals surface area contributed by atoms with E-state index in [1.165, 1.54) is 37.7 Å². The van der Waals surface area contributed by atoms with Gasteiger partial charge in [-0.2, -0.15) is 0 Å². The summed E-state index contributed by atoms with van der Waals surface area (Å²) >= 11 is 0. The van der Waals surface area contributed by atoms with Gasteiger partial charge in [0.25, 0.3) is 0 Å². The first kappa shape index (κ1) is 12.3. The Kier molecular flexibility index (Phi) is 6.15. The fraction of sp³-hybridized carbons (Fsp3) is 0.533. The van der Waals surface area contributed by atoms with E-state index in [4.69, 9.17) is 0 Å². The van der Waals surface area contributed by atoms with Crippen LogP contribution in [0.1, 0.15) is 57.4 Å². The van der Waals surface area contributed by atoms with Crippen molar-refractivity contribution in [2.75, 3.05) is 0 Å². The molecular weight excluding hydrogens is 180 g/mol. The monoisotopic (exact) mass is 203 g/mol. The van der Waals surface area contributed by atoms with Gasteiger partial charge in [0.05, 0.1) is 0 Å². The molecule has 1 aromatic rings. The molecule has 0 aliphatic rings. The highest BCUT2D eigenvalue weighted by Crippen LogP contribution is 2.26. The molecule has 0 bridgehead atoms. The quantitative estimate of drug-likeness (QED) is 0.587. The SMILES string of the molecule is CCC[CH]C(CCCC)c1ccccc1. The Hall–Kier alpha value is -0.780. The molecule has 1 radical (unpaired) electrons. The van der Waals surface area contributed by atoms with Gasteiger partial charge in [-0.1, -0.05) is 63.4 Å². The molecule has 1 unspecified atom stereocenters. The molecule has 83 valence electrons. The third kappa shape index (κ3) is 4.51. The highest BCUT2D eigenvalue weighted by atomic mass is 14.1. The van der Waals surface area contributed by atoms with E-state index in [1.54, 1.807) is 0 Å². The molecule has 0 aliphatic heterocycles. The second-order valence-electron chi connectivity index (χ2n) is 4.18. The predicted octanol–water partition coefficient (Wildman–Crippen LogP) is 4.96. The summed E-state index contributed by atoms with van der Waals surface area (Å²) in [6.07, 6.45) is 8.92. The largest absolute Gasteiger partial charge is 0.0654 e. The fourth-order valence-corrected chi connectivity index (χ4v) is 1.91. The topological polar surface area (TPSA) is 0 Å². The molecule has 0 saturated heterocycles. The van der Waals surface area contributed by atoms with Crippen LogP contribution in [0.2, 0.25) is 0 Å². The molecule has 0 aromatic heterocycles. The van der Waals surface area contributed by atoms with Crippen LogP contribution in [-0.2, 0) is 0 Å². The van der Waals surface area contributed by atoms with Crippen molar-refractivity contribution in [3.63, 3.8) is 0 Å². The van der Waals surface area contributed by atoms with Gasteiger partial charge in [-0.25, -0.2) is 0 Å². The van der Waals surface area contributed by atoms with Crippen molar-refractivity contribution < 1.29 is 0 Å². The summed E-state index contributed by atoms with van der Waals surface area (Å²) in [5, 5.41) is 0. The summed E-state index contributed by atoms with van der Waals surface area (Å²) < 4.78 is 0. The number of hydrogen-bond donors (Lipinski definition) is 0. The first-order valence-electron chi connectivity index (χ1n) is 6.26. The smallest absolute Gasteiger partial charge is 0.0131 e. The van der Waals surface area contributed by atoms with Crippen LogP contribution in [0.25, 0.3) is 0 Å². The predicted molar refractivity (Wildman–Crippen MR) is 67.9 cm³/mol. The fourth-order valence-electron chi connectivity index (χ4n) is 1.91. The highest BCUT2D eigenvalue weighted by molar-refractivity contribution is 5.21. The zero-order valence-corrected chi connectivity index (χ0v) is 10.1. The average Bonchev–Trinajstić information content (AvgIpc) is 2.30. The zero-order valence-electron chi connectivity index (χ0n) is 10.1. The van der Waals surface area contributed by atoms with E-state index in [-0.39, 0.29) is 0 Å². The van der Waals surface area contributed by atoms with Crippen molar-refractivity contribution in [2.45, 2.75) is 51.9 Å². The van der Waals surface area contributed by atoms with Crippen molar-refractivity contribution in [1.82, 2.24) is 0 Å². The van der Waals surface area contributed by atoms with Gasteiger partial charge in [0.1, 0.15) is 0 Å². The summed E-state index contributed by atoms with van der Waals surface area (Å²) in [5.41, 5.74) is 1.49. The van der Waals surface area contributed by atoms with Gasteiger partial charge in [-0.05, 0) is 30.7 Å². The lowest BCUT2D eigenvalue weighted by Gasteiger charge is -2.16. The molecule has 1 rings (SSSR count). The average molecular weight is 203 g/mol. The number of unbranched alkanes of at least 4 members (excludes halogenated alkanes) is 2. The minimum atomic E-state index is 0.672. The maximum Gasteiger partial charge on any atom is -0.0131 e. The number of benzene rings is 1. The first-order valence-corrected chi connectivity index (χ1v) is 6.26. The van der Waals surface area contributed by atoms with Crippen LogP contribution >= 0.6 is 0 Å². The van der Waals surface area contributed by atoms with E-state index in [2.05, 4.69) is 50.6 Å². The van der Waals surface area contributed by atoms with Crippen LogP contribution in [0.3, 0.4) is 0 Å². The van der Waals surface area contributed by atoms with Crippen molar-refractivity contribution in [1.29, 1.82) is 0 Å². The Labute approximate surface area is 94.7 Å². The van der Waals surface area contributed by atoms with Gasteiger partial charge < -0.3 is 0 Å². The van der Waals surface area contributed by atoms with E-state index in [1.807, 2.05) is 0 Å². The molecule has 1 atom stereocenters. The molecule has 1 aromatic carbocycles. The molecule has 0 N–H and O–H groups in total. The van der Waals surface area contributed by atoms with Crippen molar-refractivity contribution >= 4 is 0 Å². The summed E-state index contributed by atoms with van der Waals surface area (Å²) in [7, 11) is 0. The number of hydrogen-bond acceptors (Lipinski definition) is 0. The third-order valence-electron chi connectivity index (χ3n) is 2.84.